The molecular formula is C11H16O4. The summed E-state index contributed by atoms with van der Waals surface area (Å²) in [6, 6.07) is 0. The Labute approximate surface area is 88.7 Å². The minimum atomic E-state index is -1.09. The first-order valence-corrected chi connectivity index (χ1v) is 5.01. The summed E-state index contributed by atoms with van der Waals surface area (Å²) in [6.07, 6.45) is 1.14. The predicted octanol–water partition coefficient (Wildman–Crippen LogP) is 1.14. The third-order valence-corrected chi connectivity index (χ3v) is 3.56. The number of Topliss-reactive ketones (excluding diaryl/α,β-unsaturated/α-hetero) is 1. The SMILES string of the molecule is CC(=O)C(C[C@@H]1[C@H](C=O)C1(C)C)C(=O)O. The van der Waals surface area contributed by atoms with Crippen LogP contribution in [0.4, 0.5) is 0 Å². The van der Waals surface area contributed by atoms with Gasteiger partial charge in [-0.15, -0.1) is 0 Å². The van der Waals surface area contributed by atoms with Crippen LogP contribution < -0.4 is 0 Å². The van der Waals surface area contributed by atoms with E-state index in [-0.39, 0.29) is 29.5 Å². The average molecular weight is 212 g/mol. The number of carbonyl (C=O) groups excluding carboxylic acids is 2. The minimum absolute atomic E-state index is 0.0278. The summed E-state index contributed by atoms with van der Waals surface area (Å²) in [5.74, 6) is -2.46. The Kier molecular flexibility index (Phi) is 2.98. The number of ketones is 1. The lowest BCUT2D eigenvalue weighted by Crippen LogP contribution is -2.22. The molecule has 0 aromatic rings. The van der Waals surface area contributed by atoms with E-state index in [4.69, 9.17) is 5.11 Å². The topological polar surface area (TPSA) is 71.4 Å². The highest BCUT2D eigenvalue weighted by Crippen LogP contribution is 2.59. The summed E-state index contributed by atoms with van der Waals surface area (Å²) >= 11 is 0. The number of hydrogen-bond donors (Lipinski definition) is 1. The molecule has 1 aliphatic carbocycles. The van der Waals surface area contributed by atoms with E-state index in [1.807, 2.05) is 13.8 Å². The van der Waals surface area contributed by atoms with Gasteiger partial charge in [0.1, 0.15) is 18.0 Å². The average Bonchev–Trinajstić information content (AvgIpc) is 2.61. The molecule has 0 bridgehead atoms. The zero-order chi connectivity index (χ0) is 11.8. The van der Waals surface area contributed by atoms with Gasteiger partial charge in [0.15, 0.2) is 0 Å². The van der Waals surface area contributed by atoms with E-state index in [9.17, 15) is 14.4 Å². The fraction of sp³-hybridized carbons (Fsp3) is 0.727. The minimum Gasteiger partial charge on any atom is -0.481 e. The number of hydrogen-bond acceptors (Lipinski definition) is 3. The molecule has 0 heterocycles. The molecule has 4 heteroatoms. The highest BCUT2D eigenvalue weighted by Gasteiger charge is 2.58. The maximum atomic E-state index is 11.1. The summed E-state index contributed by atoms with van der Waals surface area (Å²) in [7, 11) is 0. The van der Waals surface area contributed by atoms with E-state index < -0.39 is 11.9 Å². The maximum absolute atomic E-state index is 11.1. The molecule has 0 aromatic heterocycles. The van der Waals surface area contributed by atoms with Gasteiger partial charge in [-0.05, 0) is 24.7 Å². The number of carboxylic acid groups (broad SMARTS) is 1. The lowest BCUT2D eigenvalue weighted by atomic mass is 9.95. The third-order valence-electron chi connectivity index (χ3n) is 3.56. The molecular weight excluding hydrogens is 196 g/mol. The molecule has 1 unspecified atom stereocenters. The highest BCUT2D eigenvalue weighted by molar-refractivity contribution is 5.96. The van der Waals surface area contributed by atoms with Gasteiger partial charge in [0.2, 0.25) is 0 Å². The first-order chi connectivity index (χ1) is 6.82. The molecule has 0 saturated heterocycles. The molecule has 0 aromatic carbocycles. The zero-order valence-electron chi connectivity index (χ0n) is 9.19. The van der Waals surface area contributed by atoms with Crippen LogP contribution in [0.2, 0.25) is 0 Å². The van der Waals surface area contributed by atoms with Gasteiger partial charge in [0.25, 0.3) is 0 Å². The Bertz CT molecular complexity index is 292. The van der Waals surface area contributed by atoms with Crippen LogP contribution in [0.1, 0.15) is 27.2 Å². The quantitative estimate of drug-likeness (QED) is 0.548. The fourth-order valence-corrected chi connectivity index (χ4v) is 2.20. The second-order valence-corrected chi connectivity index (χ2v) is 4.83. The molecule has 1 rings (SSSR count). The summed E-state index contributed by atoms with van der Waals surface area (Å²) in [5, 5.41) is 8.84. The zero-order valence-corrected chi connectivity index (χ0v) is 9.19. The number of aliphatic carboxylic acids is 1. The van der Waals surface area contributed by atoms with E-state index >= 15 is 0 Å². The van der Waals surface area contributed by atoms with Crippen molar-refractivity contribution in [3.63, 3.8) is 0 Å². The summed E-state index contributed by atoms with van der Waals surface area (Å²) in [6.45, 7) is 5.13. The Morgan fingerprint density at radius 3 is 2.27 bits per heavy atom. The second kappa shape index (κ2) is 3.76. The van der Waals surface area contributed by atoms with Crippen LogP contribution in [-0.4, -0.2) is 23.1 Å². The maximum Gasteiger partial charge on any atom is 0.314 e. The molecule has 0 spiro atoms. The molecule has 0 radical (unpaired) electrons. The number of rotatable bonds is 5. The molecule has 0 amide bonds. The number of carboxylic acids is 1. The normalized spacial score (nSPS) is 29.3. The molecule has 15 heavy (non-hydrogen) atoms. The molecule has 3 atom stereocenters. The van der Waals surface area contributed by atoms with Crippen molar-refractivity contribution in [3.05, 3.63) is 0 Å². The molecule has 1 N–H and O–H groups in total. The van der Waals surface area contributed by atoms with Crippen LogP contribution in [0.3, 0.4) is 0 Å². The Morgan fingerprint density at radius 2 is 2.00 bits per heavy atom. The summed E-state index contributed by atoms with van der Waals surface area (Å²) in [4.78, 5) is 32.6. The first kappa shape index (κ1) is 11.9. The van der Waals surface area contributed by atoms with Crippen molar-refractivity contribution in [3.8, 4) is 0 Å². The Hall–Kier alpha value is -1.19. The van der Waals surface area contributed by atoms with Crippen molar-refractivity contribution in [2.24, 2.45) is 23.2 Å². The number of aldehydes is 1. The third kappa shape index (κ3) is 2.08. The van der Waals surface area contributed by atoms with E-state index in [1.54, 1.807) is 0 Å². The van der Waals surface area contributed by atoms with Gasteiger partial charge in [-0.1, -0.05) is 13.8 Å². The molecule has 84 valence electrons. The van der Waals surface area contributed by atoms with Crippen molar-refractivity contribution >= 4 is 18.0 Å². The van der Waals surface area contributed by atoms with Gasteiger partial charge in [0, 0.05) is 5.92 Å². The van der Waals surface area contributed by atoms with Crippen molar-refractivity contribution in [1.29, 1.82) is 0 Å². The molecule has 0 aliphatic heterocycles. The van der Waals surface area contributed by atoms with Crippen LogP contribution in [-0.2, 0) is 14.4 Å². The van der Waals surface area contributed by atoms with Gasteiger partial charge in [0.05, 0.1) is 0 Å². The van der Waals surface area contributed by atoms with E-state index in [1.165, 1.54) is 6.92 Å². The van der Waals surface area contributed by atoms with Crippen LogP contribution in [0.25, 0.3) is 0 Å². The lowest BCUT2D eigenvalue weighted by molar-refractivity contribution is -0.146. The lowest BCUT2D eigenvalue weighted by Gasteiger charge is -2.08. The second-order valence-electron chi connectivity index (χ2n) is 4.83. The molecule has 1 aliphatic rings. The van der Waals surface area contributed by atoms with Gasteiger partial charge < -0.3 is 9.90 Å². The van der Waals surface area contributed by atoms with Gasteiger partial charge in [-0.3, -0.25) is 9.59 Å². The van der Waals surface area contributed by atoms with Crippen molar-refractivity contribution in [1.82, 2.24) is 0 Å². The van der Waals surface area contributed by atoms with Crippen LogP contribution in [0.5, 0.6) is 0 Å². The van der Waals surface area contributed by atoms with E-state index in [2.05, 4.69) is 0 Å². The monoisotopic (exact) mass is 212 g/mol. The van der Waals surface area contributed by atoms with Crippen LogP contribution in [0.15, 0.2) is 0 Å². The fourth-order valence-electron chi connectivity index (χ4n) is 2.20. The molecule has 4 nitrogen and oxygen atoms in total. The summed E-state index contributed by atoms with van der Waals surface area (Å²) < 4.78 is 0. The van der Waals surface area contributed by atoms with Gasteiger partial charge >= 0.3 is 5.97 Å². The van der Waals surface area contributed by atoms with Crippen molar-refractivity contribution < 1.29 is 19.5 Å². The standard InChI is InChI=1S/C11H16O4/c1-6(13)7(10(14)15)4-8-9(5-12)11(8,2)3/h5,7-9H,4H2,1-3H3,(H,14,15)/t7?,8-,9+/m1/s1. The Balaban J connectivity index is 2.66. The molecule has 1 fully saturated rings. The first-order valence-electron chi connectivity index (χ1n) is 5.01. The largest absolute Gasteiger partial charge is 0.481 e. The van der Waals surface area contributed by atoms with Crippen molar-refractivity contribution in [2.45, 2.75) is 27.2 Å². The van der Waals surface area contributed by atoms with Crippen molar-refractivity contribution in [2.75, 3.05) is 0 Å². The van der Waals surface area contributed by atoms with Crippen LogP contribution >= 0.6 is 0 Å². The van der Waals surface area contributed by atoms with Gasteiger partial charge in [-0.25, -0.2) is 0 Å². The number of carbonyl (C=O) groups is 3. The highest BCUT2D eigenvalue weighted by atomic mass is 16.4. The van der Waals surface area contributed by atoms with Gasteiger partial charge in [-0.2, -0.15) is 0 Å². The molecule has 1 saturated carbocycles. The Morgan fingerprint density at radius 1 is 1.47 bits per heavy atom. The summed E-state index contributed by atoms with van der Waals surface area (Å²) in [5.41, 5.74) is -0.148. The van der Waals surface area contributed by atoms with E-state index in [0.29, 0.717) is 0 Å². The predicted molar refractivity (Wildman–Crippen MR) is 53.2 cm³/mol. The van der Waals surface area contributed by atoms with E-state index in [0.717, 1.165) is 6.29 Å². The van der Waals surface area contributed by atoms with Crippen LogP contribution in [0, 0.1) is 23.2 Å². The smallest absolute Gasteiger partial charge is 0.314 e.